The lowest BCUT2D eigenvalue weighted by Crippen LogP contribution is -2.24. The van der Waals surface area contributed by atoms with Crippen molar-refractivity contribution in [2.24, 2.45) is 5.92 Å². The molecular weight excluding hydrogens is 391 g/mol. The molecular formula is C21H25FN4O2S. The van der Waals surface area contributed by atoms with Gasteiger partial charge >= 0.3 is 0 Å². The van der Waals surface area contributed by atoms with Crippen molar-refractivity contribution in [2.45, 2.75) is 57.3 Å². The Morgan fingerprint density at radius 3 is 2.69 bits per heavy atom. The van der Waals surface area contributed by atoms with Gasteiger partial charge in [0.1, 0.15) is 10.8 Å². The number of rotatable bonds is 6. The van der Waals surface area contributed by atoms with Crippen molar-refractivity contribution in [3.8, 4) is 0 Å². The largest absolute Gasteiger partial charge is 0.312 e. The molecule has 8 heteroatoms. The minimum atomic E-state index is -0.329. The highest BCUT2D eigenvalue weighted by Crippen LogP contribution is 2.34. The van der Waals surface area contributed by atoms with E-state index in [0.717, 1.165) is 11.4 Å². The van der Waals surface area contributed by atoms with E-state index in [9.17, 15) is 14.0 Å². The van der Waals surface area contributed by atoms with Crippen LogP contribution in [0, 0.1) is 11.7 Å². The van der Waals surface area contributed by atoms with Gasteiger partial charge in [-0.2, -0.15) is 0 Å². The first-order valence-corrected chi connectivity index (χ1v) is 11.1. The van der Waals surface area contributed by atoms with Crippen LogP contribution in [0.4, 0.5) is 15.2 Å². The molecule has 1 aliphatic carbocycles. The highest BCUT2D eigenvalue weighted by Gasteiger charge is 2.34. The molecule has 29 heavy (non-hydrogen) atoms. The van der Waals surface area contributed by atoms with E-state index >= 15 is 0 Å². The van der Waals surface area contributed by atoms with Crippen LogP contribution in [0.15, 0.2) is 24.3 Å². The molecule has 2 amide bonds. The molecule has 6 nitrogen and oxygen atoms in total. The van der Waals surface area contributed by atoms with E-state index in [1.54, 1.807) is 17.0 Å². The molecule has 4 rings (SSSR count). The number of carbonyl (C=O) groups is 2. The Balaban J connectivity index is 1.31. The van der Waals surface area contributed by atoms with Gasteiger partial charge in [-0.1, -0.05) is 43.4 Å². The molecule has 2 heterocycles. The second kappa shape index (κ2) is 8.98. The van der Waals surface area contributed by atoms with E-state index in [2.05, 4.69) is 15.5 Å². The molecule has 2 aliphatic rings. The summed E-state index contributed by atoms with van der Waals surface area (Å²) in [5.74, 6) is 0.230. The van der Waals surface area contributed by atoms with E-state index in [0.29, 0.717) is 36.1 Å². The molecule has 1 aromatic heterocycles. The van der Waals surface area contributed by atoms with Crippen molar-refractivity contribution in [1.82, 2.24) is 10.2 Å². The average Bonchev–Trinajstić information content (AvgIpc) is 3.34. The first-order valence-electron chi connectivity index (χ1n) is 10.3. The van der Waals surface area contributed by atoms with Crippen molar-refractivity contribution >= 4 is 34.0 Å². The summed E-state index contributed by atoms with van der Waals surface area (Å²) in [5.41, 5.74) is 0.680. The van der Waals surface area contributed by atoms with Gasteiger partial charge in [-0.3, -0.25) is 9.59 Å². The molecule has 1 aliphatic heterocycles. The molecule has 1 atom stereocenters. The van der Waals surface area contributed by atoms with Crippen LogP contribution in [0.2, 0.25) is 0 Å². The summed E-state index contributed by atoms with van der Waals surface area (Å²) in [6.45, 7) is 0.481. The first kappa shape index (κ1) is 19.9. The summed E-state index contributed by atoms with van der Waals surface area (Å²) in [6, 6.07) is 5.91. The van der Waals surface area contributed by atoms with Gasteiger partial charge in [0.05, 0.1) is 0 Å². The molecule has 154 valence electrons. The van der Waals surface area contributed by atoms with Gasteiger partial charge in [-0.05, 0) is 36.6 Å². The van der Waals surface area contributed by atoms with E-state index in [1.807, 2.05) is 0 Å². The monoisotopic (exact) mass is 416 g/mol. The predicted octanol–water partition coefficient (Wildman–Crippen LogP) is 4.50. The molecule has 2 fully saturated rings. The van der Waals surface area contributed by atoms with Gasteiger partial charge in [0, 0.05) is 31.0 Å². The van der Waals surface area contributed by atoms with Crippen LogP contribution < -0.4 is 10.2 Å². The maximum atomic E-state index is 13.1. The van der Waals surface area contributed by atoms with Crippen molar-refractivity contribution in [2.75, 3.05) is 16.8 Å². The van der Waals surface area contributed by atoms with Crippen LogP contribution in [0.3, 0.4) is 0 Å². The number of nitrogens with one attached hydrogen (secondary N) is 1. The maximum Gasteiger partial charge on any atom is 0.227 e. The molecule has 1 unspecified atom stereocenters. The molecule has 0 radical (unpaired) electrons. The molecule has 1 N–H and O–H groups in total. The summed E-state index contributed by atoms with van der Waals surface area (Å²) >= 11 is 1.33. The minimum absolute atomic E-state index is 0.0186. The van der Waals surface area contributed by atoms with Gasteiger partial charge in [0.2, 0.25) is 16.9 Å². The molecule has 0 spiro atoms. The third-order valence-electron chi connectivity index (χ3n) is 5.80. The zero-order valence-corrected chi connectivity index (χ0v) is 17.1. The fourth-order valence-electron chi connectivity index (χ4n) is 4.19. The van der Waals surface area contributed by atoms with Crippen LogP contribution in [-0.4, -0.2) is 28.6 Å². The Morgan fingerprint density at radius 2 is 1.93 bits per heavy atom. The van der Waals surface area contributed by atoms with E-state index in [-0.39, 0.29) is 23.5 Å². The standard InChI is InChI=1S/C21H25FN4O2S/c22-16-7-9-17(10-8-16)26-13-15(12-19(26)28)20-24-25-21(29-20)23-18(27)11-6-14-4-2-1-3-5-14/h7-10,14-15H,1-6,11-13H2,(H,23,25,27). The van der Waals surface area contributed by atoms with Gasteiger partial charge < -0.3 is 10.2 Å². The normalized spacial score (nSPS) is 20.2. The van der Waals surface area contributed by atoms with E-state index in [4.69, 9.17) is 0 Å². The lowest BCUT2D eigenvalue weighted by Gasteiger charge is -2.20. The Labute approximate surface area is 173 Å². The Bertz CT molecular complexity index is 864. The number of hydrogen-bond acceptors (Lipinski definition) is 5. The fraction of sp³-hybridized carbons (Fsp3) is 0.524. The summed E-state index contributed by atoms with van der Waals surface area (Å²) in [5, 5.41) is 12.4. The number of nitrogens with zero attached hydrogens (tertiary/aromatic N) is 3. The number of benzene rings is 1. The summed E-state index contributed by atoms with van der Waals surface area (Å²) < 4.78 is 13.1. The number of amides is 2. The number of halogens is 1. The summed E-state index contributed by atoms with van der Waals surface area (Å²) in [4.78, 5) is 26.3. The van der Waals surface area contributed by atoms with Crippen LogP contribution in [0.5, 0.6) is 0 Å². The fourth-order valence-corrected chi connectivity index (χ4v) is 5.04. The van der Waals surface area contributed by atoms with E-state index in [1.165, 1.54) is 55.6 Å². The van der Waals surface area contributed by atoms with E-state index < -0.39 is 0 Å². The Kier molecular flexibility index (Phi) is 6.18. The third-order valence-corrected chi connectivity index (χ3v) is 6.81. The molecule has 1 saturated carbocycles. The SMILES string of the molecule is O=C(CCC1CCCCC1)Nc1nnc(C2CC(=O)N(c3ccc(F)cc3)C2)s1. The lowest BCUT2D eigenvalue weighted by atomic mass is 9.86. The van der Waals surface area contributed by atoms with Gasteiger partial charge in [-0.25, -0.2) is 4.39 Å². The lowest BCUT2D eigenvalue weighted by molar-refractivity contribution is -0.117. The van der Waals surface area contributed by atoms with Crippen molar-refractivity contribution in [3.05, 3.63) is 35.1 Å². The second-order valence-electron chi connectivity index (χ2n) is 7.92. The number of carbonyl (C=O) groups excluding carboxylic acids is 2. The van der Waals surface area contributed by atoms with Gasteiger partial charge in [0.25, 0.3) is 0 Å². The Morgan fingerprint density at radius 1 is 1.17 bits per heavy atom. The number of aromatic nitrogens is 2. The molecule has 2 aromatic rings. The second-order valence-corrected chi connectivity index (χ2v) is 8.93. The quantitative estimate of drug-likeness (QED) is 0.752. The van der Waals surface area contributed by atoms with Gasteiger partial charge in [-0.15, -0.1) is 10.2 Å². The zero-order valence-electron chi connectivity index (χ0n) is 16.3. The number of anilines is 2. The molecule has 1 aromatic carbocycles. The van der Waals surface area contributed by atoms with Crippen molar-refractivity contribution in [3.63, 3.8) is 0 Å². The van der Waals surface area contributed by atoms with Crippen LogP contribution >= 0.6 is 11.3 Å². The first-order chi connectivity index (χ1) is 14.1. The van der Waals surface area contributed by atoms with Crippen LogP contribution in [-0.2, 0) is 9.59 Å². The zero-order chi connectivity index (χ0) is 20.2. The summed E-state index contributed by atoms with van der Waals surface area (Å²) in [6.07, 6.45) is 8.12. The summed E-state index contributed by atoms with van der Waals surface area (Å²) in [7, 11) is 0. The predicted molar refractivity (Wildman–Crippen MR) is 110 cm³/mol. The average molecular weight is 417 g/mol. The molecule has 1 saturated heterocycles. The highest BCUT2D eigenvalue weighted by atomic mass is 32.1. The highest BCUT2D eigenvalue weighted by molar-refractivity contribution is 7.15. The Hall–Kier alpha value is -2.35. The topological polar surface area (TPSA) is 75.2 Å². The minimum Gasteiger partial charge on any atom is -0.312 e. The van der Waals surface area contributed by atoms with Crippen LogP contribution in [0.25, 0.3) is 0 Å². The maximum absolute atomic E-state index is 13.1. The number of hydrogen-bond donors (Lipinski definition) is 1. The van der Waals surface area contributed by atoms with Crippen molar-refractivity contribution in [1.29, 1.82) is 0 Å². The molecule has 0 bridgehead atoms. The van der Waals surface area contributed by atoms with Crippen molar-refractivity contribution < 1.29 is 14.0 Å². The third kappa shape index (κ3) is 4.98. The van der Waals surface area contributed by atoms with Crippen LogP contribution in [0.1, 0.15) is 62.3 Å². The van der Waals surface area contributed by atoms with Gasteiger partial charge in [0.15, 0.2) is 0 Å². The smallest absolute Gasteiger partial charge is 0.227 e.